The van der Waals surface area contributed by atoms with Gasteiger partial charge in [-0.05, 0) is 37.3 Å². The highest BCUT2D eigenvalue weighted by Crippen LogP contribution is 2.31. The van der Waals surface area contributed by atoms with E-state index in [1.165, 1.54) is 0 Å². The molecule has 6 nitrogen and oxygen atoms in total. The van der Waals surface area contributed by atoms with E-state index in [0.717, 1.165) is 0 Å². The number of para-hydroxylation sites is 2. The summed E-state index contributed by atoms with van der Waals surface area (Å²) in [4.78, 5) is 24.5. The number of ketones is 1. The molecule has 0 saturated carbocycles. The topological polar surface area (TPSA) is 73.9 Å². The maximum absolute atomic E-state index is 12.4. The summed E-state index contributed by atoms with van der Waals surface area (Å²) in [5, 5.41) is 2.79. The molecule has 0 spiro atoms. The molecule has 2 aromatic carbocycles. The summed E-state index contributed by atoms with van der Waals surface area (Å²) in [5.74, 6) is 1.47. The monoisotopic (exact) mass is 355 g/mol. The van der Waals surface area contributed by atoms with Gasteiger partial charge in [0.15, 0.2) is 17.3 Å². The SMILES string of the molecule is CCOc1ccccc1NC(=O)CCC(=O)c1ccc2c(c1)OCCO2. The van der Waals surface area contributed by atoms with Gasteiger partial charge in [-0.25, -0.2) is 0 Å². The lowest BCUT2D eigenvalue weighted by molar-refractivity contribution is -0.116. The minimum absolute atomic E-state index is 0.0910. The fourth-order valence-electron chi connectivity index (χ4n) is 2.65. The van der Waals surface area contributed by atoms with Gasteiger partial charge in [0, 0.05) is 18.4 Å². The van der Waals surface area contributed by atoms with Crippen molar-refractivity contribution in [1.29, 1.82) is 0 Å². The van der Waals surface area contributed by atoms with Gasteiger partial charge in [-0.2, -0.15) is 0 Å². The van der Waals surface area contributed by atoms with E-state index in [1.807, 2.05) is 19.1 Å². The van der Waals surface area contributed by atoms with E-state index >= 15 is 0 Å². The molecule has 0 aromatic heterocycles. The summed E-state index contributed by atoms with van der Waals surface area (Å²) in [6.45, 7) is 3.36. The largest absolute Gasteiger partial charge is 0.492 e. The number of nitrogens with one attached hydrogen (secondary N) is 1. The van der Waals surface area contributed by atoms with Crippen molar-refractivity contribution in [2.75, 3.05) is 25.1 Å². The highest BCUT2D eigenvalue weighted by atomic mass is 16.6. The van der Waals surface area contributed by atoms with Crippen LogP contribution in [-0.2, 0) is 4.79 Å². The minimum atomic E-state index is -0.233. The molecule has 1 aliphatic rings. The maximum atomic E-state index is 12.4. The van der Waals surface area contributed by atoms with Crippen molar-refractivity contribution in [3.05, 3.63) is 48.0 Å². The Hall–Kier alpha value is -3.02. The summed E-state index contributed by atoms with van der Waals surface area (Å²) in [7, 11) is 0. The molecule has 0 radical (unpaired) electrons. The zero-order valence-electron chi connectivity index (χ0n) is 14.6. The minimum Gasteiger partial charge on any atom is -0.492 e. The molecule has 0 saturated heterocycles. The van der Waals surface area contributed by atoms with E-state index in [2.05, 4.69) is 5.32 Å². The van der Waals surface area contributed by atoms with Crippen LogP contribution in [0.3, 0.4) is 0 Å². The molecule has 1 heterocycles. The van der Waals surface area contributed by atoms with Crippen LogP contribution in [0.15, 0.2) is 42.5 Å². The van der Waals surface area contributed by atoms with Crippen LogP contribution in [0.25, 0.3) is 0 Å². The Balaban J connectivity index is 1.57. The number of carbonyl (C=O) groups excluding carboxylic acids is 2. The molecule has 0 aliphatic carbocycles. The van der Waals surface area contributed by atoms with Crippen LogP contribution < -0.4 is 19.5 Å². The van der Waals surface area contributed by atoms with Crippen molar-refractivity contribution in [3.63, 3.8) is 0 Å². The maximum Gasteiger partial charge on any atom is 0.224 e. The average Bonchev–Trinajstić information content (AvgIpc) is 2.67. The molecule has 3 rings (SSSR count). The number of Topliss-reactive ketones (excluding diaryl/α,β-unsaturated/α-hetero) is 1. The van der Waals surface area contributed by atoms with Crippen LogP contribution in [0.1, 0.15) is 30.1 Å². The quantitative estimate of drug-likeness (QED) is 0.770. The molecule has 1 aliphatic heterocycles. The molecule has 6 heteroatoms. The van der Waals surface area contributed by atoms with Crippen LogP contribution in [-0.4, -0.2) is 31.5 Å². The third kappa shape index (κ3) is 4.33. The van der Waals surface area contributed by atoms with E-state index in [-0.39, 0.29) is 24.5 Å². The van der Waals surface area contributed by atoms with Gasteiger partial charge in [0.1, 0.15) is 19.0 Å². The van der Waals surface area contributed by atoms with Gasteiger partial charge < -0.3 is 19.5 Å². The van der Waals surface area contributed by atoms with E-state index in [9.17, 15) is 9.59 Å². The van der Waals surface area contributed by atoms with Gasteiger partial charge in [0.2, 0.25) is 5.91 Å². The fraction of sp³-hybridized carbons (Fsp3) is 0.300. The number of hydrogen-bond donors (Lipinski definition) is 1. The number of rotatable bonds is 7. The number of carbonyl (C=O) groups is 2. The zero-order valence-corrected chi connectivity index (χ0v) is 14.6. The molecular formula is C20H21NO5. The molecular weight excluding hydrogens is 334 g/mol. The molecule has 0 unspecified atom stereocenters. The third-order valence-electron chi connectivity index (χ3n) is 3.90. The van der Waals surface area contributed by atoms with Gasteiger partial charge in [-0.15, -0.1) is 0 Å². The predicted octanol–water partition coefficient (Wildman–Crippen LogP) is 3.46. The number of ether oxygens (including phenoxy) is 3. The van der Waals surface area contributed by atoms with E-state index < -0.39 is 0 Å². The normalized spacial score (nSPS) is 12.3. The first-order valence-electron chi connectivity index (χ1n) is 8.62. The second-order valence-corrected chi connectivity index (χ2v) is 5.76. The highest BCUT2D eigenvalue weighted by Gasteiger charge is 2.16. The molecule has 136 valence electrons. The van der Waals surface area contributed by atoms with Gasteiger partial charge in [0.25, 0.3) is 0 Å². The zero-order chi connectivity index (χ0) is 18.4. The average molecular weight is 355 g/mol. The first kappa shape index (κ1) is 17.8. The Bertz CT molecular complexity index is 803. The first-order chi connectivity index (χ1) is 12.7. The number of amides is 1. The Morgan fingerprint density at radius 3 is 2.62 bits per heavy atom. The van der Waals surface area contributed by atoms with Gasteiger partial charge in [0.05, 0.1) is 12.3 Å². The third-order valence-corrected chi connectivity index (χ3v) is 3.90. The Morgan fingerprint density at radius 1 is 1.04 bits per heavy atom. The first-order valence-corrected chi connectivity index (χ1v) is 8.62. The van der Waals surface area contributed by atoms with Gasteiger partial charge >= 0.3 is 0 Å². The van der Waals surface area contributed by atoms with Crippen molar-refractivity contribution in [2.24, 2.45) is 0 Å². The number of hydrogen-bond acceptors (Lipinski definition) is 5. The molecule has 26 heavy (non-hydrogen) atoms. The second kappa shape index (κ2) is 8.38. The van der Waals surface area contributed by atoms with Crippen molar-refractivity contribution < 1.29 is 23.8 Å². The van der Waals surface area contributed by atoms with Crippen LogP contribution in [0.5, 0.6) is 17.2 Å². The molecule has 0 atom stereocenters. The number of anilines is 1. The summed E-state index contributed by atoms with van der Waals surface area (Å²) in [6.07, 6.45) is 0.204. The molecule has 1 amide bonds. The van der Waals surface area contributed by atoms with Crippen molar-refractivity contribution >= 4 is 17.4 Å². The fourth-order valence-corrected chi connectivity index (χ4v) is 2.65. The summed E-state index contributed by atoms with van der Waals surface area (Å²) in [5.41, 5.74) is 1.11. The van der Waals surface area contributed by atoms with Crippen LogP contribution in [0.4, 0.5) is 5.69 Å². The molecule has 1 N–H and O–H groups in total. The summed E-state index contributed by atoms with van der Waals surface area (Å²) < 4.78 is 16.4. The Morgan fingerprint density at radius 2 is 1.81 bits per heavy atom. The van der Waals surface area contributed by atoms with Crippen LogP contribution in [0.2, 0.25) is 0 Å². The van der Waals surface area contributed by atoms with Crippen molar-refractivity contribution in [2.45, 2.75) is 19.8 Å². The smallest absolute Gasteiger partial charge is 0.224 e. The molecule has 0 fully saturated rings. The lowest BCUT2D eigenvalue weighted by Gasteiger charge is -2.18. The van der Waals surface area contributed by atoms with E-state index in [4.69, 9.17) is 14.2 Å². The van der Waals surface area contributed by atoms with Crippen molar-refractivity contribution in [3.8, 4) is 17.2 Å². The highest BCUT2D eigenvalue weighted by molar-refractivity contribution is 6.00. The van der Waals surface area contributed by atoms with Gasteiger partial charge in [-0.1, -0.05) is 12.1 Å². The lowest BCUT2D eigenvalue weighted by atomic mass is 10.1. The van der Waals surface area contributed by atoms with Crippen molar-refractivity contribution in [1.82, 2.24) is 0 Å². The summed E-state index contributed by atoms with van der Waals surface area (Å²) in [6, 6.07) is 12.3. The number of fused-ring (bicyclic) bond motifs is 1. The van der Waals surface area contributed by atoms with Crippen LogP contribution >= 0.6 is 0 Å². The second-order valence-electron chi connectivity index (χ2n) is 5.76. The standard InChI is InChI=1S/C20H21NO5/c1-2-24-17-6-4-3-5-15(17)21-20(23)10-8-16(22)14-7-9-18-19(13-14)26-12-11-25-18/h3-7,9,13H,2,8,10-12H2,1H3,(H,21,23). The van der Waals surface area contributed by atoms with Crippen LogP contribution in [0, 0.1) is 0 Å². The molecule has 0 bridgehead atoms. The van der Waals surface area contributed by atoms with Gasteiger partial charge in [-0.3, -0.25) is 9.59 Å². The molecule has 2 aromatic rings. The number of benzene rings is 2. The van der Waals surface area contributed by atoms with E-state index in [0.29, 0.717) is 48.3 Å². The Kier molecular flexibility index (Phi) is 5.73. The lowest BCUT2D eigenvalue weighted by Crippen LogP contribution is -2.16. The van der Waals surface area contributed by atoms with E-state index in [1.54, 1.807) is 30.3 Å². The Labute approximate surface area is 152 Å². The predicted molar refractivity (Wildman–Crippen MR) is 97.2 cm³/mol. The summed E-state index contributed by atoms with van der Waals surface area (Å²) >= 11 is 0.